The molecule has 0 saturated carbocycles. The predicted octanol–water partition coefficient (Wildman–Crippen LogP) is 1.71. The third-order valence-corrected chi connectivity index (χ3v) is 1.94. The average molecular weight is 219 g/mol. The van der Waals surface area contributed by atoms with Gasteiger partial charge in [-0.15, -0.1) is 6.01 Å². The first-order chi connectivity index (χ1) is 7.74. The number of rotatable bonds is 4. The fraction of sp³-hybridized carbons (Fsp3) is 0.545. The van der Waals surface area contributed by atoms with Crippen molar-refractivity contribution in [1.29, 1.82) is 5.26 Å². The summed E-state index contributed by atoms with van der Waals surface area (Å²) in [6.45, 7) is 3.39. The van der Waals surface area contributed by atoms with Crippen molar-refractivity contribution < 1.29 is 4.57 Å². The standard InChI is InChI=1S/C9H17N2.C2N3/c1-3-4-5-6-11-8-7-10(2)9-11;3-1-5-2-4/h7-9H,3-6H2,1-2H3;/q+1;-1. The Morgan fingerprint density at radius 3 is 2.62 bits per heavy atom. The van der Waals surface area contributed by atoms with E-state index in [4.69, 9.17) is 10.7 Å². The Bertz CT molecular complexity index is 368. The summed E-state index contributed by atoms with van der Waals surface area (Å²) >= 11 is 0. The third-order valence-electron chi connectivity index (χ3n) is 1.94. The Morgan fingerprint density at radius 1 is 1.50 bits per heavy atom. The molecule has 0 unspecified atom stereocenters. The Balaban J connectivity index is 0.000000385. The van der Waals surface area contributed by atoms with Gasteiger partial charge in [-0.1, -0.05) is 13.3 Å². The number of imidazole rings is 1. The van der Waals surface area contributed by atoms with E-state index in [2.05, 4.69) is 46.8 Å². The van der Waals surface area contributed by atoms with Gasteiger partial charge in [0.25, 0.3) is 0 Å². The Labute approximate surface area is 96.2 Å². The molecule has 0 N–H and O–H groups in total. The number of unbranched alkanes of at least 4 members (excludes halogenated alkanes) is 2. The molecule has 0 atom stereocenters. The first-order valence-electron chi connectivity index (χ1n) is 5.23. The molecule has 1 aromatic heterocycles. The molecule has 0 fully saturated rings. The molecule has 1 rings (SSSR count). The van der Waals surface area contributed by atoms with Crippen molar-refractivity contribution in [3.05, 3.63) is 24.1 Å². The molecule has 0 saturated heterocycles. The quantitative estimate of drug-likeness (QED) is 0.329. The number of aliphatic imine (C=N–C) groups is 1. The summed E-state index contributed by atoms with van der Waals surface area (Å²) in [7, 11) is 2.05. The lowest BCUT2D eigenvalue weighted by atomic mass is 10.2. The lowest BCUT2D eigenvalue weighted by Crippen LogP contribution is -2.23. The molecular weight excluding hydrogens is 202 g/mol. The molecule has 0 aliphatic carbocycles. The van der Waals surface area contributed by atoms with E-state index in [0.717, 1.165) is 6.54 Å². The van der Waals surface area contributed by atoms with E-state index in [-0.39, 0.29) is 0 Å². The summed E-state index contributed by atoms with van der Waals surface area (Å²) in [5.41, 5.74) is 0. The number of hydrogen-bond donors (Lipinski definition) is 0. The molecule has 0 spiro atoms. The van der Waals surface area contributed by atoms with Gasteiger partial charge in [-0.25, -0.2) is 9.13 Å². The van der Waals surface area contributed by atoms with Crippen molar-refractivity contribution in [2.45, 2.75) is 32.7 Å². The molecule has 0 bridgehead atoms. The SMILES string of the molecule is CCCCCn1cc[n+](C)c1.N#CN=C=[N-]. The Hall–Kier alpha value is -1.92. The smallest absolute Gasteiger partial charge is 0.243 e. The van der Waals surface area contributed by atoms with Crippen LogP contribution in [0.3, 0.4) is 0 Å². The molecule has 16 heavy (non-hydrogen) atoms. The zero-order valence-corrected chi connectivity index (χ0v) is 9.80. The van der Waals surface area contributed by atoms with Crippen LogP contribution in [0.5, 0.6) is 0 Å². The summed E-state index contributed by atoms with van der Waals surface area (Å²) in [6.07, 6.45) is 11.5. The normalized spacial score (nSPS) is 8.31. The Kier molecular flexibility index (Phi) is 8.47. The molecule has 0 aromatic carbocycles. The number of nitriles is 1. The molecule has 86 valence electrons. The summed E-state index contributed by atoms with van der Waals surface area (Å²) in [5.74, 6) is 0. The fourth-order valence-corrected chi connectivity index (χ4v) is 1.20. The van der Waals surface area contributed by atoms with Gasteiger partial charge < -0.3 is 10.4 Å². The van der Waals surface area contributed by atoms with Gasteiger partial charge in [0.15, 0.2) is 0 Å². The topological polar surface area (TPSA) is 67.3 Å². The van der Waals surface area contributed by atoms with Gasteiger partial charge in [-0.2, -0.15) is 5.26 Å². The van der Waals surface area contributed by atoms with E-state index in [9.17, 15) is 0 Å². The molecule has 0 aliphatic heterocycles. The van der Waals surface area contributed by atoms with E-state index < -0.39 is 0 Å². The summed E-state index contributed by atoms with van der Waals surface area (Å²) in [5, 5.41) is 14.9. The van der Waals surface area contributed by atoms with Gasteiger partial charge in [0.2, 0.25) is 6.33 Å². The molecule has 1 heterocycles. The second kappa shape index (κ2) is 9.63. The van der Waals surface area contributed by atoms with E-state index in [1.165, 1.54) is 31.5 Å². The maximum absolute atomic E-state index is 7.43. The maximum atomic E-state index is 7.43. The van der Waals surface area contributed by atoms with Crippen LogP contribution in [-0.4, -0.2) is 10.6 Å². The highest BCUT2D eigenvalue weighted by atomic mass is 15.1. The van der Waals surface area contributed by atoms with Crippen LogP contribution in [0.15, 0.2) is 23.7 Å². The van der Waals surface area contributed by atoms with Gasteiger partial charge in [0, 0.05) is 0 Å². The van der Waals surface area contributed by atoms with Crippen molar-refractivity contribution in [2.75, 3.05) is 0 Å². The van der Waals surface area contributed by atoms with E-state index in [0.29, 0.717) is 0 Å². The van der Waals surface area contributed by atoms with Crippen molar-refractivity contribution in [3.63, 3.8) is 0 Å². The van der Waals surface area contributed by atoms with Crippen LogP contribution in [0, 0.1) is 11.5 Å². The van der Waals surface area contributed by atoms with Crippen molar-refractivity contribution in [3.8, 4) is 6.19 Å². The van der Waals surface area contributed by atoms with Crippen LogP contribution < -0.4 is 4.57 Å². The number of aryl methyl sites for hydroxylation is 2. The molecule has 0 radical (unpaired) electrons. The van der Waals surface area contributed by atoms with Gasteiger partial charge >= 0.3 is 0 Å². The zero-order valence-electron chi connectivity index (χ0n) is 9.80. The van der Waals surface area contributed by atoms with Crippen LogP contribution >= 0.6 is 0 Å². The maximum Gasteiger partial charge on any atom is 0.243 e. The van der Waals surface area contributed by atoms with Crippen LogP contribution in [0.4, 0.5) is 0 Å². The lowest BCUT2D eigenvalue weighted by molar-refractivity contribution is -0.671. The minimum Gasteiger partial charge on any atom is -0.422 e. The molecular formula is C11H17N5. The van der Waals surface area contributed by atoms with Crippen LogP contribution in [0.25, 0.3) is 5.41 Å². The summed E-state index contributed by atoms with van der Waals surface area (Å²) in [4.78, 5) is 2.58. The second-order valence-corrected chi connectivity index (χ2v) is 3.34. The highest BCUT2D eigenvalue weighted by molar-refractivity contribution is 5.46. The predicted molar refractivity (Wildman–Crippen MR) is 61.5 cm³/mol. The van der Waals surface area contributed by atoms with Crippen LogP contribution in [0.2, 0.25) is 0 Å². The van der Waals surface area contributed by atoms with E-state index in [1.807, 2.05) is 0 Å². The summed E-state index contributed by atoms with van der Waals surface area (Å²) < 4.78 is 4.31. The Morgan fingerprint density at radius 2 is 2.25 bits per heavy atom. The van der Waals surface area contributed by atoms with Gasteiger partial charge in [0.1, 0.15) is 12.4 Å². The largest absolute Gasteiger partial charge is 0.422 e. The summed E-state index contributed by atoms with van der Waals surface area (Å²) in [6, 6.07) is 1.28. The molecule has 1 aromatic rings. The van der Waals surface area contributed by atoms with Gasteiger partial charge in [-0.05, 0) is 12.8 Å². The number of hydrogen-bond acceptors (Lipinski definition) is 2. The van der Waals surface area contributed by atoms with Crippen molar-refractivity contribution in [1.82, 2.24) is 4.57 Å². The molecule has 0 amide bonds. The second-order valence-electron chi connectivity index (χ2n) is 3.34. The highest BCUT2D eigenvalue weighted by Gasteiger charge is 1.97. The van der Waals surface area contributed by atoms with Crippen molar-refractivity contribution >= 4 is 6.01 Å². The van der Waals surface area contributed by atoms with Gasteiger partial charge in [0.05, 0.1) is 19.8 Å². The first-order valence-corrected chi connectivity index (χ1v) is 5.23. The average Bonchev–Trinajstić information content (AvgIpc) is 2.67. The monoisotopic (exact) mass is 219 g/mol. The minimum absolute atomic E-state index is 1.16. The van der Waals surface area contributed by atoms with E-state index >= 15 is 0 Å². The van der Waals surface area contributed by atoms with Gasteiger partial charge in [-0.3, -0.25) is 0 Å². The molecule has 5 heteroatoms. The van der Waals surface area contributed by atoms with E-state index in [1.54, 1.807) is 0 Å². The van der Waals surface area contributed by atoms with Crippen LogP contribution in [-0.2, 0) is 13.6 Å². The zero-order chi connectivity index (χ0) is 12.2. The first kappa shape index (κ1) is 14.1. The molecule has 5 nitrogen and oxygen atoms in total. The fourth-order valence-electron chi connectivity index (χ4n) is 1.20. The van der Waals surface area contributed by atoms with Crippen LogP contribution in [0.1, 0.15) is 26.2 Å². The highest BCUT2D eigenvalue weighted by Crippen LogP contribution is 1.96. The minimum atomic E-state index is 1.16. The van der Waals surface area contributed by atoms with Crippen molar-refractivity contribution in [2.24, 2.45) is 12.0 Å². The number of aromatic nitrogens is 2. The number of nitrogens with zero attached hydrogens (tertiary/aromatic N) is 5. The third kappa shape index (κ3) is 7.48. The lowest BCUT2D eigenvalue weighted by Gasteiger charge is -1.93. The molecule has 0 aliphatic rings.